The van der Waals surface area contributed by atoms with Crippen molar-refractivity contribution in [2.24, 2.45) is 11.8 Å². The summed E-state index contributed by atoms with van der Waals surface area (Å²) in [7, 11) is 0. The van der Waals surface area contributed by atoms with E-state index in [1.165, 1.54) is 6.42 Å². The summed E-state index contributed by atoms with van der Waals surface area (Å²) in [6.45, 7) is 7.04. The van der Waals surface area contributed by atoms with Gasteiger partial charge in [0, 0.05) is 19.1 Å². The van der Waals surface area contributed by atoms with E-state index in [1.54, 1.807) is 4.90 Å². The van der Waals surface area contributed by atoms with Crippen LogP contribution in [-0.4, -0.2) is 41.1 Å². The third-order valence-electron chi connectivity index (χ3n) is 3.31. The molecule has 1 rings (SSSR count). The number of hydrogen-bond acceptors (Lipinski definition) is 2. The zero-order valence-electron chi connectivity index (χ0n) is 11.5. The number of amides is 2. The van der Waals surface area contributed by atoms with E-state index in [1.807, 2.05) is 6.92 Å². The molecule has 1 saturated heterocycles. The van der Waals surface area contributed by atoms with Crippen LogP contribution >= 0.6 is 0 Å². The zero-order chi connectivity index (χ0) is 13.7. The summed E-state index contributed by atoms with van der Waals surface area (Å²) in [5, 5.41) is 11.6. The van der Waals surface area contributed by atoms with Crippen LogP contribution < -0.4 is 5.32 Å². The molecule has 1 atom stereocenters. The monoisotopic (exact) mass is 256 g/mol. The zero-order valence-corrected chi connectivity index (χ0v) is 11.5. The Morgan fingerprint density at radius 2 is 1.89 bits per heavy atom. The molecule has 1 aliphatic heterocycles. The van der Waals surface area contributed by atoms with Crippen LogP contribution in [-0.2, 0) is 4.79 Å². The first kappa shape index (κ1) is 14.8. The van der Waals surface area contributed by atoms with Crippen LogP contribution in [0.5, 0.6) is 0 Å². The fraction of sp³-hybridized carbons (Fsp3) is 0.846. The summed E-state index contributed by atoms with van der Waals surface area (Å²) in [5.41, 5.74) is 0. The standard InChI is InChI=1S/C13H24N2O3/c1-9(2)5-4-6-10(3)14-13(18)15-7-11(8-15)12(16)17/h9-11H,4-8H2,1-3H3,(H,14,18)(H,16,17). The molecule has 0 spiro atoms. The van der Waals surface area contributed by atoms with Crippen LogP contribution in [0.25, 0.3) is 0 Å². The Kier molecular flexibility index (Phi) is 5.44. The molecule has 0 aromatic heterocycles. The second kappa shape index (κ2) is 6.61. The normalized spacial score (nSPS) is 17.4. The summed E-state index contributed by atoms with van der Waals surface area (Å²) in [6.07, 6.45) is 3.25. The van der Waals surface area contributed by atoms with Gasteiger partial charge in [-0.2, -0.15) is 0 Å². The number of rotatable bonds is 6. The van der Waals surface area contributed by atoms with E-state index in [0.29, 0.717) is 19.0 Å². The van der Waals surface area contributed by atoms with E-state index in [2.05, 4.69) is 19.2 Å². The molecule has 5 heteroatoms. The number of nitrogens with zero attached hydrogens (tertiary/aromatic N) is 1. The first-order valence-corrected chi connectivity index (χ1v) is 6.68. The maximum absolute atomic E-state index is 11.7. The van der Waals surface area contributed by atoms with E-state index >= 15 is 0 Å². The highest BCUT2D eigenvalue weighted by atomic mass is 16.4. The molecule has 1 unspecified atom stereocenters. The average molecular weight is 256 g/mol. The lowest BCUT2D eigenvalue weighted by Crippen LogP contribution is -2.57. The van der Waals surface area contributed by atoms with Crippen molar-refractivity contribution >= 4 is 12.0 Å². The maximum Gasteiger partial charge on any atom is 0.317 e. The summed E-state index contributed by atoms with van der Waals surface area (Å²) < 4.78 is 0. The van der Waals surface area contributed by atoms with Crippen molar-refractivity contribution in [2.45, 2.75) is 46.1 Å². The quantitative estimate of drug-likeness (QED) is 0.763. The van der Waals surface area contributed by atoms with Crippen LogP contribution in [0.3, 0.4) is 0 Å². The van der Waals surface area contributed by atoms with Crippen molar-refractivity contribution in [3.05, 3.63) is 0 Å². The molecule has 0 aromatic carbocycles. The van der Waals surface area contributed by atoms with E-state index < -0.39 is 5.97 Å². The predicted molar refractivity (Wildman–Crippen MR) is 69.4 cm³/mol. The third-order valence-corrected chi connectivity index (χ3v) is 3.31. The Morgan fingerprint density at radius 3 is 2.39 bits per heavy atom. The highest BCUT2D eigenvalue weighted by Crippen LogP contribution is 2.16. The fourth-order valence-electron chi connectivity index (χ4n) is 2.01. The lowest BCUT2D eigenvalue weighted by molar-refractivity contribution is -0.146. The molecule has 0 bridgehead atoms. The van der Waals surface area contributed by atoms with Gasteiger partial charge in [-0.15, -0.1) is 0 Å². The van der Waals surface area contributed by atoms with Gasteiger partial charge >= 0.3 is 12.0 Å². The lowest BCUT2D eigenvalue weighted by atomic mass is 10.0. The Bertz CT molecular complexity index is 299. The van der Waals surface area contributed by atoms with Gasteiger partial charge in [0.2, 0.25) is 0 Å². The Balaban J connectivity index is 2.15. The largest absolute Gasteiger partial charge is 0.481 e. The second-order valence-corrected chi connectivity index (χ2v) is 5.62. The number of aliphatic carboxylic acids is 1. The number of carbonyl (C=O) groups is 2. The van der Waals surface area contributed by atoms with Gasteiger partial charge in [0.05, 0.1) is 5.92 Å². The molecule has 0 aromatic rings. The number of carbonyl (C=O) groups excluding carboxylic acids is 1. The van der Waals surface area contributed by atoms with Gasteiger partial charge in [0.15, 0.2) is 0 Å². The molecule has 2 N–H and O–H groups in total. The molecule has 0 saturated carbocycles. The highest BCUT2D eigenvalue weighted by molar-refractivity contribution is 5.79. The van der Waals surface area contributed by atoms with Gasteiger partial charge in [0.1, 0.15) is 0 Å². The number of carboxylic acids is 1. The van der Waals surface area contributed by atoms with Crippen molar-refractivity contribution in [1.29, 1.82) is 0 Å². The molecule has 104 valence electrons. The summed E-state index contributed by atoms with van der Waals surface area (Å²) >= 11 is 0. The molecule has 0 radical (unpaired) electrons. The molecule has 0 aliphatic carbocycles. The van der Waals surface area contributed by atoms with E-state index in [4.69, 9.17) is 5.11 Å². The van der Waals surface area contributed by atoms with Gasteiger partial charge in [-0.05, 0) is 19.3 Å². The minimum Gasteiger partial charge on any atom is -0.481 e. The molecular weight excluding hydrogens is 232 g/mol. The fourth-order valence-corrected chi connectivity index (χ4v) is 2.01. The van der Waals surface area contributed by atoms with Gasteiger partial charge < -0.3 is 15.3 Å². The summed E-state index contributed by atoms with van der Waals surface area (Å²) in [4.78, 5) is 23.9. The number of likely N-dealkylation sites (tertiary alicyclic amines) is 1. The number of hydrogen-bond donors (Lipinski definition) is 2. The van der Waals surface area contributed by atoms with Gasteiger partial charge in [-0.3, -0.25) is 4.79 Å². The number of nitrogens with one attached hydrogen (secondary N) is 1. The van der Waals surface area contributed by atoms with E-state index in [0.717, 1.165) is 12.8 Å². The van der Waals surface area contributed by atoms with Gasteiger partial charge in [-0.25, -0.2) is 4.79 Å². The van der Waals surface area contributed by atoms with Crippen molar-refractivity contribution in [3.8, 4) is 0 Å². The van der Waals surface area contributed by atoms with Crippen molar-refractivity contribution in [3.63, 3.8) is 0 Å². The summed E-state index contributed by atoms with van der Waals surface area (Å²) in [5.74, 6) is -0.504. The SMILES string of the molecule is CC(C)CCCC(C)NC(=O)N1CC(C(=O)O)C1. The number of carboxylic acid groups (broad SMARTS) is 1. The van der Waals surface area contributed by atoms with E-state index in [-0.39, 0.29) is 18.0 Å². The topological polar surface area (TPSA) is 69.6 Å². The Labute approximate surface area is 109 Å². The van der Waals surface area contributed by atoms with Crippen molar-refractivity contribution in [2.75, 3.05) is 13.1 Å². The van der Waals surface area contributed by atoms with Crippen LogP contribution in [0, 0.1) is 11.8 Å². The van der Waals surface area contributed by atoms with E-state index in [9.17, 15) is 9.59 Å². The predicted octanol–water partition coefficient (Wildman–Crippen LogP) is 1.93. The minimum absolute atomic E-state index is 0.135. The second-order valence-electron chi connectivity index (χ2n) is 5.62. The van der Waals surface area contributed by atoms with Gasteiger partial charge in [-0.1, -0.05) is 26.7 Å². The first-order chi connectivity index (χ1) is 8.40. The van der Waals surface area contributed by atoms with Crippen LogP contribution in [0.1, 0.15) is 40.0 Å². The van der Waals surface area contributed by atoms with Crippen molar-refractivity contribution < 1.29 is 14.7 Å². The third kappa shape index (κ3) is 4.55. The van der Waals surface area contributed by atoms with Crippen molar-refractivity contribution in [1.82, 2.24) is 10.2 Å². The van der Waals surface area contributed by atoms with Crippen LogP contribution in [0.2, 0.25) is 0 Å². The molecular formula is C13H24N2O3. The summed E-state index contributed by atoms with van der Waals surface area (Å²) in [6, 6.07) is 0.0182. The first-order valence-electron chi connectivity index (χ1n) is 6.68. The molecule has 18 heavy (non-hydrogen) atoms. The Morgan fingerprint density at radius 1 is 1.28 bits per heavy atom. The minimum atomic E-state index is -0.816. The molecule has 1 aliphatic rings. The molecule has 5 nitrogen and oxygen atoms in total. The Hall–Kier alpha value is -1.26. The molecule has 1 fully saturated rings. The van der Waals surface area contributed by atoms with Gasteiger partial charge in [0.25, 0.3) is 0 Å². The number of urea groups is 1. The lowest BCUT2D eigenvalue weighted by Gasteiger charge is -2.37. The maximum atomic E-state index is 11.7. The average Bonchev–Trinajstić information content (AvgIpc) is 2.12. The molecule has 1 heterocycles. The highest BCUT2D eigenvalue weighted by Gasteiger charge is 2.35. The smallest absolute Gasteiger partial charge is 0.317 e. The van der Waals surface area contributed by atoms with Crippen LogP contribution in [0.15, 0.2) is 0 Å². The molecule has 2 amide bonds. The van der Waals surface area contributed by atoms with Crippen LogP contribution in [0.4, 0.5) is 4.79 Å².